The van der Waals surface area contributed by atoms with Gasteiger partial charge in [-0.1, -0.05) is 44.2 Å². The summed E-state index contributed by atoms with van der Waals surface area (Å²) in [5.74, 6) is -1.51. The van der Waals surface area contributed by atoms with Crippen LogP contribution in [0.5, 0.6) is 0 Å². The molecular formula is C15H21NO4. The van der Waals surface area contributed by atoms with E-state index in [4.69, 9.17) is 0 Å². The van der Waals surface area contributed by atoms with Crippen LogP contribution in [0.15, 0.2) is 30.3 Å². The van der Waals surface area contributed by atoms with Gasteiger partial charge in [0.05, 0.1) is 5.41 Å². The van der Waals surface area contributed by atoms with E-state index in [1.165, 1.54) is 0 Å². The van der Waals surface area contributed by atoms with Crippen LogP contribution >= 0.6 is 0 Å². The van der Waals surface area contributed by atoms with Crippen molar-refractivity contribution in [2.45, 2.75) is 32.8 Å². The molecule has 5 heteroatoms. The first-order valence-corrected chi connectivity index (χ1v) is 6.71. The molecule has 0 aliphatic carbocycles. The maximum absolute atomic E-state index is 11.9. The molecule has 1 unspecified atom stereocenters. The highest BCUT2D eigenvalue weighted by Crippen LogP contribution is 2.26. The molecule has 0 saturated carbocycles. The van der Waals surface area contributed by atoms with E-state index in [2.05, 4.69) is 5.32 Å². The molecule has 0 aliphatic rings. The normalized spacial score (nSPS) is 12.8. The van der Waals surface area contributed by atoms with Gasteiger partial charge in [0.15, 0.2) is 6.10 Å². The molecule has 1 atom stereocenters. The summed E-state index contributed by atoms with van der Waals surface area (Å²) in [6.45, 7) is 3.56. The van der Waals surface area contributed by atoms with Crippen LogP contribution in [0.4, 0.5) is 0 Å². The van der Waals surface area contributed by atoms with Crippen molar-refractivity contribution >= 4 is 11.9 Å². The highest BCUT2D eigenvalue weighted by molar-refractivity contribution is 5.83. The zero-order valence-electron chi connectivity index (χ0n) is 11.8. The van der Waals surface area contributed by atoms with Gasteiger partial charge in [-0.3, -0.25) is 9.59 Å². The number of carbonyl (C=O) groups is 2. The maximum atomic E-state index is 11.9. The van der Waals surface area contributed by atoms with Crippen LogP contribution in [-0.2, 0) is 9.59 Å². The van der Waals surface area contributed by atoms with E-state index in [9.17, 15) is 19.8 Å². The van der Waals surface area contributed by atoms with Crippen LogP contribution in [0.25, 0.3) is 0 Å². The SMILES string of the molecule is CCC(CC)(CNC(=O)C(O)c1ccccc1)C(=O)O. The number of amides is 1. The van der Waals surface area contributed by atoms with E-state index in [0.29, 0.717) is 18.4 Å². The van der Waals surface area contributed by atoms with Crippen LogP contribution in [-0.4, -0.2) is 28.6 Å². The lowest BCUT2D eigenvalue weighted by Gasteiger charge is -2.27. The Morgan fingerprint density at radius 2 is 1.75 bits per heavy atom. The number of carboxylic acids is 1. The summed E-state index contributed by atoms with van der Waals surface area (Å²) in [6, 6.07) is 8.54. The Kier molecular flexibility index (Phi) is 5.70. The zero-order chi connectivity index (χ0) is 15.2. The average molecular weight is 279 g/mol. The molecule has 0 aromatic heterocycles. The van der Waals surface area contributed by atoms with Gasteiger partial charge in [-0.2, -0.15) is 0 Å². The summed E-state index contributed by atoms with van der Waals surface area (Å²) in [5.41, 5.74) is -0.495. The summed E-state index contributed by atoms with van der Waals surface area (Å²) in [5, 5.41) is 21.7. The fourth-order valence-electron chi connectivity index (χ4n) is 2.02. The third-order valence-electron chi connectivity index (χ3n) is 3.77. The second-order valence-corrected chi connectivity index (χ2v) is 4.82. The Labute approximate surface area is 118 Å². The number of carbonyl (C=O) groups excluding carboxylic acids is 1. The molecule has 0 spiro atoms. The largest absolute Gasteiger partial charge is 0.481 e. The van der Waals surface area contributed by atoms with Crippen molar-refractivity contribution in [3.05, 3.63) is 35.9 Å². The monoisotopic (exact) mass is 279 g/mol. The second-order valence-electron chi connectivity index (χ2n) is 4.82. The quantitative estimate of drug-likeness (QED) is 0.709. The van der Waals surface area contributed by atoms with Crippen molar-refractivity contribution in [2.24, 2.45) is 5.41 Å². The van der Waals surface area contributed by atoms with Gasteiger partial charge in [0.25, 0.3) is 5.91 Å². The first kappa shape index (κ1) is 16.2. The lowest BCUT2D eigenvalue weighted by molar-refractivity contribution is -0.149. The van der Waals surface area contributed by atoms with Gasteiger partial charge in [0.1, 0.15) is 0 Å². The van der Waals surface area contributed by atoms with E-state index in [0.717, 1.165) is 0 Å². The van der Waals surface area contributed by atoms with E-state index in [-0.39, 0.29) is 6.54 Å². The van der Waals surface area contributed by atoms with Gasteiger partial charge in [0, 0.05) is 6.54 Å². The number of aliphatic carboxylic acids is 1. The smallest absolute Gasteiger partial charge is 0.311 e. The number of aliphatic hydroxyl groups is 1. The lowest BCUT2D eigenvalue weighted by atomic mass is 9.82. The topological polar surface area (TPSA) is 86.6 Å². The first-order valence-electron chi connectivity index (χ1n) is 6.71. The minimum absolute atomic E-state index is 0.0120. The molecular weight excluding hydrogens is 258 g/mol. The first-order chi connectivity index (χ1) is 9.46. The minimum Gasteiger partial charge on any atom is -0.481 e. The number of nitrogens with one attached hydrogen (secondary N) is 1. The summed E-state index contributed by atoms with van der Waals surface area (Å²) in [4.78, 5) is 23.2. The van der Waals surface area contributed by atoms with Crippen molar-refractivity contribution in [1.82, 2.24) is 5.32 Å². The lowest BCUT2D eigenvalue weighted by Crippen LogP contribution is -2.43. The van der Waals surface area contributed by atoms with E-state index >= 15 is 0 Å². The summed E-state index contributed by atoms with van der Waals surface area (Å²) in [6.07, 6.45) is -0.447. The van der Waals surface area contributed by atoms with Gasteiger partial charge < -0.3 is 15.5 Å². The molecule has 1 rings (SSSR count). The predicted molar refractivity (Wildman–Crippen MR) is 75.1 cm³/mol. The van der Waals surface area contributed by atoms with Crippen molar-refractivity contribution < 1.29 is 19.8 Å². The zero-order valence-corrected chi connectivity index (χ0v) is 11.8. The average Bonchev–Trinajstić information content (AvgIpc) is 2.48. The number of aliphatic hydroxyl groups excluding tert-OH is 1. The predicted octanol–water partition coefficient (Wildman–Crippen LogP) is 1.73. The number of benzene rings is 1. The Hall–Kier alpha value is -1.88. The fraction of sp³-hybridized carbons (Fsp3) is 0.467. The van der Waals surface area contributed by atoms with Crippen molar-refractivity contribution in [3.63, 3.8) is 0 Å². The van der Waals surface area contributed by atoms with Crippen molar-refractivity contribution in [1.29, 1.82) is 0 Å². The number of rotatable bonds is 7. The maximum Gasteiger partial charge on any atom is 0.311 e. The fourth-order valence-corrected chi connectivity index (χ4v) is 2.02. The van der Waals surface area contributed by atoms with Gasteiger partial charge in [-0.05, 0) is 18.4 Å². The second kappa shape index (κ2) is 7.05. The Balaban J connectivity index is 2.69. The number of carboxylic acid groups (broad SMARTS) is 1. The van der Waals surface area contributed by atoms with Crippen LogP contribution in [0.3, 0.4) is 0 Å². The van der Waals surface area contributed by atoms with E-state index in [1.54, 1.807) is 44.2 Å². The van der Waals surface area contributed by atoms with Crippen LogP contribution in [0.2, 0.25) is 0 Å². The summed E-state index contributed by atoms with van der Waals surface area (Å²) >= 11 is 0. The molecule has 1 aromatic carbocycles. The summed E-state index contributed by atoms with van der Waals surface area (Å²) in [7, 11) is 0. The molecule has 0 fully saturated rings. The molecule has 1 amide bonds. The molecule has 5 nitrogen and oxygen atoms in total. The molecule has 3 N–H and O–H groups in total. The standard InChI is InChI=1S/C15H21NO4/c1-3-15(4-2,14(19)20)10-16-13(18)12(17)11-8-6-5-7-9-11/h5-9,12,17H,3-4,10H2,1-2H3,(H,16,18)(H,19,20). The van der Waals surface area contributed by atoms with Crippen LogP contribution in [0, 0.1) is 5.41 Å². The number of hydrogen-bond donors (Lipinski definition) is 3. The van der Waals surface area contributed by atoms with Gasteiger partial charge >= 0.3 is 5.97 Å². The third kappa shape index (κ3) is 3.57. The van der Waals surface area contributed by atoms with E-state index in [1.807, 2.05) is 0 Å². The van der Waals surface area contributed by atoms with Crippen LogP contribution in [0.1, 0.15) is 38.4 Å². The van der Waals surface area contributed by atoms with Gasteiger partial charge in [0.2, 0.25) is 0 Å². The molecule has 0 aliphatic heterocycles. The number of hydrogen-bond acceptors (Lipinski definition) is 3. The van der Waals surface area contributed by atoms with Gasteiger partial charge in [-0.25, -0.2) is 0 Å². The Bertz CT molecular complexity index is 454. The molecule has 20 heavy (non-hydrogen) atoms. The molecule has 1 aromatic rings. The third-order valence-corrected chi connectivity index (χ3v) is 3.77. The summed E-state index contributed by atoms with van der Waals surface area (Å²) < 4.78 is 0. The highest BCUT2D eigenvalue weighted by atomic mass is 16.4. The molecule has 110 valence electrons. The highest BCUT2D eigenvalue weighted by Gasteiger charge is 2.35. The van der Waals surface area contributed by atoms with Crippen LogP contribution < -0.4 is 5.32 Å². The molecule has 0 saturated heterocycles. The van der Waals surface area contributed by atoms with E-state index < -0.39 is 23.4 Å². The minimum atomic E-state index is -1.28. The molecule has 0 radical (unpaired) electrons. The van der Waals surface area contributed by atoms with Crippen molar-refractivity contribution in [2.75, 3.05) is 6.54 Å². The Morgan fingerprint density at radius 3 is 2.20 bits per heavy atom. The molecule has 0 bridgehead atoms. The van der Waals surface area contributed by atoms with Crippen molar-refractivity contribution in [3.8, 4) is 0 Å². The van der Waals surface area contributed by atoms with Gasteiger partial charge in [-0.15, -0.1) is 0 Å². The molecule has 0 heterocycles. The Morgan fingerprint density at radius 1 is 1.20 bits per heavy atom.